The Morgan fingerprint density at radius 3 is 2.43 bits per heavy atom. The van der Waals surface area contributed by atoms with Crippen LogP contribution >= 0.6 is 0 Å². The molecule has 0 aliphatic carbocycles. The maximum atomic E-state index is 9.51. The summed E-state index contributed by atoms with van der Waals surface area (Å²) in [6.07, 6.45) is -0.920. The molecular weight excluding hydrogens is 386 g/mol. The second-order valence-electron chi connectivity index (χ2n) is 7.22. The van der Waals surface area contributed by atoms with Crippen molar-refractivity contribution in [3.05, 3.63) is 35.0 Å². The summed E-state index contributed by atoms with van der Waals surface area (Å²) in [6, 6.07) is 5.60. The van der Waals surface area contributed by atoms with Crippen LogP contribution in [0.1, 0.15) is 23.7 Å². The third kappa shape index (κ3) is 4.74. The Morgan fingerprint density at radius 1 is 1.10 bits per heavy atom. The third-order valence-corrected chi connectivity index (χ3v) is 4.65. The van der Waals surface area contributed by atoms with Gasteiger partial charge in [0.15, 0.2) is 0 Å². The topological polar surface area (TPSA) is 118 Å². The molecule has 0 amide bonds. The van der Waals surface area contributed by atoms with Crippen molar-refractivity contribution in [2.24, 2.45) is 0 Å². The summed E-state index contributed by atoms with van der Waals surface area (Å²) in [7, 11) is 1.92. The first-order valence-electron chi connectivity index (χ1n) is 9.76. The predicted molar refractivity (Wildman–Crippen MR) is 113 cm³/mol. The normalized spacial score (nSPS) is 12.1. The summed E-state index contributed by atoms with van der Waals surface area (Å²) in [5.41, 5.74) is 3.90. The van der Waals surface area contributed by atoms with Gasteiger partial charge >= 0.3 is 0 Å². The Morgan fingerprint density at radius 2 is 1.80 bits per heavy atom. The van der Waals surface area contributed by atoms with Crippen LogP contribution in [0.3, 0.4) is 0 Å². The minimum absolute atomic E-state index is 0.0193. The monoisotopic (exact) mass is 413 g/mol. The van der Waals surface area contributed by atoms with Crippen LogP contribution < -0.4 is 9.64 Å². The maximum Gasteiger partial charge on any atom is 0.277 e. The molecule has 0 unspecified atom stereocenters. The number of hydrogen-bond acceptors (Lipinski definition) is 9. The minimum Gasteiger partial charge on any atom is -0.490 e. The van der Waals surface area contributed by atoms with Crippen molar-refractivity contribution in [2.45, 2.75) is 33.8 Å². The van der Waals surface area contributed by atoms with Gasteiger partial charge in [-0.1, -0.05) is 5.16 Å². The number of ether oxygens (including phenoxy) is 1. The van der Waals surface area contributed by atoms with Gasteiger partial charge in [-0.25, -0.2) is 9.97 Å². The standard InChI is InChI=1S/C21H27N5O4/c1-6-26(5)21-22-14(4)9-17(23-21)20-24-19(25-30-20)15-7-12(2)18(13(3)8-15)29-11-16(28)10-27/h7-9,16,27-28H,6,10-11H2,1-5H3/t16-/m0/s1. The van der Waals surface area contributed by atoms with E-state index in [1.54, 1.807) is 0 Å². The highest BCUT2D eigenvalue weighted by molar-refractivity contribution is 5.63. The van der Waals surface area contributed by atoms with E-state index in [1.165, 1.54) is 0 Å². The van der Waals surface area contributed by atoms with E-state index in [2.05, 4.69) is 20.1 Å². The highest BCUT2D eigenvalue weighted by Gasteiger charge is 2.17. The molecule has 30 heavy (non-hydrogen) atoms. The molecule has 3 aromatic rings. The van der Waals surface area contributed by atoms with Crippen molar-refractivity contribution in [3.63, 3.8) is 0 Å². The number of aliphatic hydroxyl groups is 2. The summed E-state index contributed by atoms with van der Waals surface area (Å²) in [5.74, 6) is 2.03. The van der Waals surface area contributed by atoms with Crippen LogP contribution in [-0.4, -0.2) is 63.2 Å². The van der Waals surface area contributed by atoms with Crippen molar-refractivity contribution in [1.82, 2.24) is 20.1 Å². The number of aromatic nitrogens is 4. The van der Waals surface area contributed by atoms with Crippen LogP contribution in [0.4, 0.5) is 5.95 Å². The summed E-state index contributed by atoms with van der Waals surface area (Å²) in [4.78, 5) is 15.4. The number of hydrogen-bond donors (Lipinski definition) is 2. The molecule has 2 heterocycles. The van der Waals surface area contributed by atoms with Gasteiger partial charge in [-0.05, 0) is 57.0 Å². The molecule has 0 saturated heterocycles. The third-order valence-electron chi connectivity index (χ3n) is 4.65. The fourth-order valence-corrected chi connectivity index (χ4v) is 2.96. The molecule has 0 aliphatic heterocycles. The highest BCUT2D eigenvalue weighted by Crippen LogP contribution is 2.30. The lowest BCUT2D eigenvalue weighted by molar-refractivity contribution is 0.0532. The molecule has 1 aromatic carbocycles. The Balaban J connectivity index is 1.89. The van der Waals surface area contributed by atoms with E-state index in [4.69, 9.17) is 14.4 Å². The zero-order valence-corrected chi connectivity index (χ0v) is 17.9. The van der Waals surface area contributed by atoms with E-state index in [9.17, 15) is 5.11 Å². The Bertz CT molecular complexity index is 997. The lowest BCUT2D eigenvalue weighted by Gasteiger charge is -2.15. The van der Waals surface area contributed by atoms with E-state index in [0.717, 1.165) is 28.9 Å². The smallest absolute Gasteiger partial charge is 0.277 e. The zero-order valence-electron chi connectivity index (χ0n) is 17.9. The second-order valence-corrected chi connectivity index (χ2v) is 7.22. The number of rotatable bonds is 8. The summed E-state index contributed by atoms with van der Waals surface area (Å²) in [6.45, 7) is 8.18. The molecule has 2 aromatic heterocycles. The van der Waals surface area contributed by atoms with E-state index < -0.39 is 6.10 Å². The summed E-state index contributed by atoms with van der Waals surface area (Å²) >= 11 is 0. The molecule has 1 atom stereocenters. The molecule has 9 nitrogen and oxygen atoms in total. The van der Waals surface area contributed by atoms with E-state index in [0.29, 0.717) is 29.1 Å². The van der Waals surface area contributed by atoms with Gasteiger partial charge in [0.05, 0.1) is 6.61 Å². The summed E-state index contributed by atoms with van der Waals surface area (Å²) in [5, 5.41) is 22.6. The van der Waals surface area contributed by atoms with Crippen LogP contribution in [0.15, 0.2) is 22.7 Å². The lowest BCUT2D eigenvalue weighted by atomic mass is 10.1. The largest absolute Gasteiger partial charge is 0.490 e. The van der Waals surface area contributed by atoms with Gasteiger partial charge in [0.25, 0.3) is 5.89 Å². The van der Waals surface area contributed by atoms with Crippen LogP contribution in [0.25, 0.3) is 23.0 Å². The molecule has 0 fully saturated rings. The molecular formula is C21H27N5O4. The fraction of sp³-hybridized carbons (Fsp3) is 0.429. The van der Waals surface area contributed by atoms with Crippen LogP contribution in [-0.2, 0) is 0 Å². The highest BCUT2D eigenvalue weighted by atomic mass is 16.5. The second kappa shape index (κ2) is 9.19. The number of nitrogens with zero attached hydrogens (tertiary/aromatic N) is 5. The number of anilines is 1. The van der Waals surface area contributed by atoms with Gasteiger partial charge in [0, 0.05) is 24.8 Å². The van der Waals surface area contributed by atoms with Crippen molar-refractivity contribution >= 4 is 5.95 Å². The molecule has 0 spiro atoms. The van der Waals surface area contributed by atoms with Crippen LogP contribution in [0, 0.1) is 20.8 Å². The molecule has 160 valence electrons. The van der Waals surface area contributed by atoms with Gasteiger partial charge in [0.2, 0.25) is 11.8 Å². The average Bonchev–Trinajstić information content (AvgIpc) is 3.22. The molecule has 2 N–H and O–H groups in total. The fourth-order valence-electron chi connectivity index (χ4n) is 2.96. The number of aliphatic hydroxyl groups excluding tert-OH is 2. The molecule has 0 bridgehead atoms. The van der Waals surface area contributed by atoms with Crippen LogP contribution in [0.2, 0.25) is 0 Å². The SMILES string of the molecule is CCN(C)c1nc(C)cc(-c2nc(-c3cc(C)c(OC[C@@H](O)CO)c(C)c3)no2)n1. The molecule has 0 radical (unpaired) electrons. The van der Waals surface area contributed by atoms with Crippen molar-refractivity contribution in [1.29, 1.82) is 0 Å². The maximum absolute atomic E-state index is 9.51. The molecule has 0 aliphatic rings. The van der Waals surface area contributed by atoms with E-state index in [-0.39, 0.29) is 13.2 Å². The van der Waals surface area contributed by atoms with Gasteiger partial charge < -0.3 is 24.4 Å². The molecule has 9 heteroatoms. The number of aryl methyl sites for hydroxylation is 3. The van der Waals surface area contributed by atoms with Gasteiger partial charge in [-0.15, -0.1) is 0 Å². The first-order chi connectivity index (χ1) is 14.3. The van der Waals surface area contributed by atoms with E-state index in [1.807, 2.05) is 57.8 Å². The van der Waals surface area contributed by atoms with Gasteiger partial charge in [0.1, 0.15) is 24.2 Å². The van der Waals surface area contributed by atoms with Gasteiger partial charge in [-0.2, -0.15) is 4.98 Å². The Hall–Kier alpha value is -3.04. The Labute approximate surface area is 175 Å². The van der Waals surface area contributed by atoms with Crippen LogP contribution in [0.5, 0.6) is 5.75 Å². The number of benzene rings is 1. The van der Waals surface area contributed by atoms with Gasteiger partial charge in [-0.3, -0.25) is 0 Å². The van der Waals surface area contributed by atoms with Crippen molar-refractivity contribution in [3.8, 4) is 28.7 Å². The minimum atomic E-state index is -0.920. The first-order valence-corrected chi connectivity index (χ1v) is 9.76. The Kier molecular flexibility index (Phi) is 6.63. The summed E-state index contributed by atoms with van der Waals surface area (Å²) < 4.78 is 11.1. The first kappa shape index (κ1) is 21.7. The molecule has 0 saturated carbocycles. The van der Waals surface area contributed by atoms with Crippen molar-refractivity contribution < 1.29 is 19.5 Å². The lowest BCUT2D eigenvalue weighted by Crippen LogP contribution is -2.21. The molecule has 3 rings (SSSR count). The zero-order chi connectivity index (χ0) is 21.8. The predicted octanol–water partition coefficient (Wildman–Crippen LogP) is 2.31. The van der Waals surface area contributed by atoms with Crippen molar-refractivity contribution in [2.75, 3.05) is 31.7 Å². The average molecular weight is 413 g/mol. The van der Waals surface area contributed by atoms with E-state index >= 15 is 0 Å². The quantitative estimate of drug-likeness (QED) is 0.573.